The lowest BCUT2D eigenvalue weighted by atomic mass is 10.2. The van der Waals surface area contributed by atoms with Crippen LogP contribution in [0.4, 0.5) is 20.7 Å². The molecule has 2 aromatic heterocycles. The molecule has 1 amide bonds. The Bertz CT molecular complexity index is 1250. The van der Waals surface area contributed by atoms with E-state index in [1.165, 1.54) is 12.1 Å². The molecule has 4 rings (SSSR count). The Morgan fingerprint density at radius 3 is 2.59 bits per heavy atom. The largest absolute Gasteiger partial charge is 0.464 e. The van der Waals surface area contributed by atoms with Gasteiger partial charge in [0.15, 0.2) is 5.69 Å². The van der Waals surface area contributed by atoms with Gasteiger partial charge in [-0.2, -0.15) is 0 Å². The number of anilines is 2. The van der Waals surface area contributed by atoms with Crippen LogP contribution in [0.2, 0.25) is 0 Å². The highest BCUT2D eigenvalue weighted by Crippen LogP contribution is 2.32. The van der Waals surface area contributed by atoms with Crippen molar-refractivity contribution in [3.8, 4) is 17.2 Å². The van der Waals surface area contributed by atoms with Gasteiger partial charge >= 0.3 is 11.8 Å². The fourth-order valence-corrected chi connectivity index (χ4v) is 2.99. The van der Waals surface area contributed by atoms with E-state index in [1.54, 1.807) is 30.3 Å². The van der Waals surface area contributed by atoms with E-state index in [-0.39, 0.29) is 33.2 Å². The number of benzene rings is 2. The second kappa shape index (κ2) is 7.31. The number of carboxylic acid groups (broad SMARTS) is 1. The number of amides is 1. The van der Waals surface area contributed by atoms with Crippen molar-refractivity contribution in [1.29, 1.82) is 0 Å². The molecule has 12 heteroatoms. The lowest BCUT2D eigenvalue weighted by molar-refractivity contribution is 0.204. The van der Waals surface area contributed by atoms with Crippen molar-refractivity contribution >= 4 is 33.5 Å². The van der Waals surface area contributed by atoms with Crippen molar-refractivity contribution < 1.29 is 23.4 Å². The van der Waals surface area contributed by atoms with Gasteiger partial charge in [-0.1, -0.05) is 23.4 Å². The monoisotopic (exact) mass is 461 g/mol. The fourth-order valence-electron chi connectivity index (χ4n) is 2.62. The Labute approximate surface area is 168 Å². The van der Waals surface area contributed by atoms with Crippen LogP contribution in [-0.4, -0.2) is 31.2 Å². The molecule has 0 bridgehead atoms. The van der Waals surface area contributed by atoms with E-state index in [2.05, 4.69) is 31.4 Å². The molecule has 0 fully saturated rings. The van der Waals surface area contributed by atoms with Gasteiger partial charge in [0, 0.05) is 0 Å². The molecule has 0 spiro atoms. The zero-order valence-electron chi connectivity index (χ0n) is 14.2. The van der Waals surface area contributed by atoms with Gasteiger partial charge in [0.1, 0.15) is 5.82 Å². The summed E-state index contributed by atoms with van der Waals surface area (Å²) in [5, 5.41) is 20.7. The summed E-state index contributed by atoms with van der Waals surface area (Å²) < 4.78 is 24.1. The number of rotatable bonds is 4. The summed E-state index contributed by atoms with van der Waals surface area (Å²) in [6, 6.07) is 11.9. The molecule has 0 radical (unpaired) electrons. The quantitative estimate of drug-likeness (QED) is 0.488. The number of hydrogen-bond donors (Lipinski definition) is 1. The summed E-state index contributed by atoms with van der Waals surface area (Å²) >= 11 is 3.04. The molecule has 10 nitrogen and oxygen atoms in total. The van der Waals surface area contributed by atoms with Crippen molar-refractivity contribution in [2.75, 3.05) is 4.90 Å². The fraction of sp³-hybridized carbons (Fsp3) is 0. The molecule has 0 saturated carbocycles. The predicted octanol–water partition coefficient (Wildman–Crippen LogP) is 3.59. The molecular formula is C17H9BrFN5O5. The highest BCUT2D eigenvalue weighted by molar-refractivity contribution is 9.10. The summed E-state index contributed by atoms with van der Waals surface area (Å²) in [5.74, 6) is -1.84. The summed E-state index contributed by atoms with van der Waals surface area (Å²) in [6.45, 7) is 0. The Hall–Kier alpha value is -3.80. The van der Waals surface area contributed by atoms with Crippen molar-refractivity contribution in [2.45, 2.75) is 0 Å². The summed E-state index contributed by atoms with van der Waals surface area (Å²) in [4.78, 5) is 24.9. The van der Waals surface area contributed by atoms with Crippen molar-refractivity contribution in [1.82, 2.24) is 20.0 Å². The third kappa shape index (κ3) is 3.29. The van der Waals surface area contributed by atoms with E-state index in [0.29, 0.717) is 0 Å². The molecule has 146 valence electrons. The van der Waals surface area contributed by atoms with Crippen LogP contribution in [0.25, 0.3) is 17.2 Å². The van der Waals surface area contributed by atoms with Crippen LogP contribution < -0.4 is 10.7 Å². The van der Waals surface area contributed by atoms with Gasteiger partial charge in [-0.3, -0.25) is 4.52 Å². The number of para-hydroxylation sites is 1. The van der Waals surface area contributed by atoms with Gasteiger partial charge in [-0.15, -0.1) is 0 Å². The maximum atomic E-state index is 13.6. The van der Waals surface area contributed by atoms with E-state index in [4.69, 9.17) is 9.15 Å². The van der Waals surface area contributed by atoms with E-state index in [9.17, 15) is 19.1 Å². The van der Waals surface area contributed by atoms with E-state index in [1.807, 2.05) is 0 Å². The zero-order chi connectivity index (χ0) is 20.5. The minimum Gasteiger partial charge on any atom is -0.464 e. The van der Waals surface area contributed by atoms with Crippen molar-refractivity contribution in [2.24, 2.45) is 0 Å². The number of aromatic nitrogens is 4. The average Bonchev–Trinajstić information content (AvgIpc) is 3.31. The van der Waals surface area contributed by atoms with E-state index >= 15 is 0 Å². The molecule has 0 aliphatic carbocycles. The lowest BCUT2D eigenvalue weighted by Crippen LogP contribution is -2.25. The Kier molecular flexibility index (Phi) is 4.68. The van der Waals surface area contributed by atoms with E-state index < -0.39 is 17.7 Å². The first-order valence-electron chi connectivity index (χ1n) is 7.92. The van der Waals surface area contributed by atoms with Gasteiger partial charge in [-0.05, 0) is 56.6 Å². The third-order valence-corrected chi connectivity index (χ3v) is 4.47. The van der Waals surface area contributed by atoms with Crippen LogP contribution in [0.5, 0.6) is 0 Å². The van der Waals surface area contributed by atoms with Crippen LogP contribution in [0.3, 0.4) is 0 Å². The van der Waals surface area contributed by atoms with Gasteiger partial charge in [0.2, 0.25) is 11.6 Å². The van der Waals surface area contributed by atoms with E-state index in [0.717, 1.165) is 15.5 Å². The van der Waals surface area contributed by atoms with Crippen LogP contribution in [-0.2, 0) is 0 Å². The summed E-state index contributed by atoms with van der Waals surface area (Å²) in [7, 11) is 0. The Morgan fingerprint density at radius 2 is 1.90 bits per heavy atom. The molecule has 2 aromatic carbocycles. The van der Waals surface area contributed by atoms with Crippen LogP contribution in [0, 0.1) is 5.82 Å². The number of carbonyl (C=O) groups is 1. The number of halogens is 2. The van der Waals surface area contributed by atoms with Crippen LogP contribution in [0.15, 0.2) is 67.0 Å². The minimum atomic E-state index is -1.37. The molecule has 0 saturated heterocycles. The third-order valence-electron chi connectivity index (χ3n) is 3.87. The first-order valence-corrected chi connectivity index (χ1v) is 8.72. The maximum Gasteiger partial charge on any atom is 0.446 e. The normalized spacial score (nSPS) is 10.8. The summed E-state index contributed by atoms with van der Waals surface area (Å²) in [5.41, 5.74) is 0.302. The SMILES string of the molecule is O=C(O)N(c1ccccc1)c1nonc1-c1noc(=O)n1-c1ccc(F)c(Br)c1. The number of nitrogens with zero attached hydrogens (tertiary/aromatic N) is 5. The Balaban J connectivity index is 1.89. The molecule has 0 unspecified atom stereocenters. The maximum absolute atomic E-state index is 13.6. The molecule has 1 N–H and O–H groups in total. The van der Waals surface area contributed by atoms with Crippen molar-refractivity contribution in [3.63, 3.8) is 0 Å². The smallest absolute Gasteiger partial charge is 0.446 e. The molecular weight excluding hydrogens is 453 g/mol. The lowest BCUT2D eigenvalue weighted by Gasteiger charge is -2.16. The molecule has 4 aromatic rings. The summed E-state index contributed by atoms with van der Waals surface area (Å²) in [6.07, 6.45) is -1.37. The topological polar surface area (TPSA) is 127 Å². The molecule has 29 heavy (non-hydrogen) atoms. The second-order valence-corrected chi connectivity index (χ2v) is 6.45. The van der Waals surface area contributed by atoms with Crippen LogP contribution in [0.1, 0.15) is 0 Å². The molecule has 0 aliphatic heterocycles. The van der Waals surface area contributed by atoms with Crippen molar-refractivity contribution in [3.05, 3.63) is 69.4 Å². The first kappa shape index (κ1) is 18.6. The molecule has 2 heterocycles. The second-order valence-electron chi connectivity index (χ2n) is 5.60. The molecule has 0 aliphatic rings. The Morgan fingerprint density at radius 1 is 1.14 bits per heavy atom. The van der Waals surface area contributed by atoms with Gasteiger partial charge in [0.25, 0.3) is 0 Å². The first-order chi connectivity index (χ1) is 14.0. The number of hydrogen-bond acceptors (Lipinski definition) is 7. The van der Waals surface area contributed by atoms with Gasteiger partial charge in [-0.25, -0.2) is 28.1 Å². The molecule has 0 atom stereocenters. The van der Waals surface area contributed by atoms with Gasteiger partial charge < -0.3 is 5.11 Å². The highest BCUT2D eigenvalue weighted by Gasteiger charge is 2.30. The minimum absolute atomic E-state index is 0.101. The van der Waals surface area contributed by atoms with Gasteiger partial charge in [0.05, 0.1) is 15.8 Å². The highest BCUT2D eigenvalue weighted by atomic mass is 79.9. The predicted molar refractivity (Wildman–Crippen MR) is 99.7 cm³/mol. The van der Waals surface area contributed by atoms with Crippen LogP contribution >= 0.6 is 15.9 Å². The standard InChI is InChI=1S/C17H9BrFN5O5/c18-11-8-10(6-7-12(11)19)24-14(21-28-17(24)27)13-15(22-29-20-13)23(16(25)26)9-4-2-1-3-5-9/h1-8H,(H,25,26). The average molecular weight is 462 g/mol. The zero-order valence-corrected chi connectivity index (χ0v) is 15.8.